The second-order valence-corrected chi connectivity index (χ2v) is 2.33. The van der Waals surface area contributed by atoms with E-state index in [-0.39, 0.29) is 6.15 Å². The summed E-state index contributed by atoms with van der Waals surface area (Å²) in [5.74, 6) is 0.952. The van der Waals surface area contributed by atoms with Gasteiger partial charge in [0.25, 0.3) is 0 Å². The van der Waals surface area contributed by atoms with Gasteiger partial charge in [0.1, 0.15) is 5.75 Å². The first-order valence-electron chi connectivity index (χ1n) is 3.93. The Bertz CT molecular complexity index is 258. The van der Waals surface area contributed by atoms with E-state index in [1.165, 1.54) is 5.56 Å². The first kappa shape index (κ1) is 11.4. The van der Waals surface area contributed by atoms with Gasteiger partial charge in [-0.15, -0.1) is 0 Å². The zero-order chi connectivity index (χ0) is 10.1. The van der Waals surface area contributed by atoms with E-state index in [1.807, 2.05) is 31.2 Å². The van der Waals surface area contributed by atoms with E-state index >= 15 is 0 Å². The first-order chi connectivity index (χ1) is 6.24. The van der Waals surface area contributed by atoms with E-state index in [0.717, 1.165) is 12.4 Å². The van der Waals surface area contributed by atoms with E-state index in [9.17, 15) is 0 Å². The molecule has 3 nitrogen and oxygen atoms in total. The first-order valence-corrected chi connectivity index (χ1v) is 3.93. The van der Waals surface area contributed by atoms with Gasteiger partial charge in [0.15, 0.2) is 0 Å². The Morgan fingerprint density at radius 1 is 1.23 bits per heavy atom. The van der Waals surface area contributed by atoms with Crippen LogP contribution in [0.4, 0.5) is 0 Å². The summed E-state index contributed by atoms with van der Waals surface area (Å²) in [5, 5.41) is 0. The van der Waals surface area contributed by atoms with Crippen LogP contribution in [0.15, 0.2) is 24.3 Å². The summed E-state index contributed by atoms with van der Waals surface area (Å²) in [6.07, 6.45) is 0.250. The third-order valence-corrected chi connectivity index (χ3v) is 1.33. The molecule has 0 saturated carbocycles. The summed E-state index contributed by atoms with van der Waals surface area (Å²) in [7, 11) is 0. The van der Waals surface area contributed by atoms with Crippen LogP contribution in [-0.4, -0.2) is 12.8 Å². The van der Waals surface area contributed by atoms with Gasteiger partial charge in [-0.2, -0.15) is 9.59 Å². The third-order valence-electron chi connectivity index (χ3n) is 1.33. The number of ether oxygens (including phenoxy) is 1. The Balaban J connectivity index is 0.000000424. The van der Waals surface area contributed by atoms with Crippen molar-refractivity contribution in [1.29, 1.82) is 0 Å². The highest BCUT2D eigenvalue weighted by molar-refractivity contribution is 5.26. The van der Waals surface area contributed by atoms with Crippen molar-refractivity contribution in [3.05, 3.63) is 29.8 Å². The third kappa shape index (κ3) is 5.65. The highest BCUT2D eigenvalue weighted by Gasteiger charge is 1.87. The molecule has 1 aromatic rings. The summed E-state index contributed by atoms with van der Waals surface area (Å²) in [6, 6.07) is 8.06. The van der Waals surface area contributed by atoms with Crippen LogP contribution < -0.4 is 4.74 Å². The highest BCUT2D eigenvalue weighted by atomic mass is 16.5. The summed E-state index contributed by atoms with van der Waals surface area (Å²) < 4.78 is 5.26. The fourth-order valence-corrected chi connectivity index (χ4v) is 0.801. The monoisotopic (exact) mass is 180 g/mol. The molecule has 0 saturated heterocycles. The predicted molar refractivity (Wildman–Crippen MR) is 47.4 cm³/mol. The number of benzene rings is 1. The lowest BCUT2D eigenvalue weighted by atomic mass is 10.2. The van der Waals surface area contributed by atoms with Gasteiger partial charge in [-0.25, -0.2) is 0 Å². The molecule has 0 N–H and O–H groups in total. The average molecular weight is 180 g/mol. The van der Waals surface area contributed by atoms with Gasteiger partial charge >= 0.3 is 6.15 Å². The maximum atomic E-state index is 8.12. The molecule has 0 spiro atoms. The van der Waals surface area contributed by atoms with Crippen LogP contribution in [0.3, 0.4) is 0 Å². The van der Waals surface area contributed by atoms with E-state index in [2.05, 4.69) is 6.92 Å². The Hall–Kier alpha value is -1.60. The molecule has 0 unspecified atom stereocenters. The second kappa shape index (κ2) is 7.07. The van der Waals surface area contributed by atoms with Crippen LogP contribution in [0.2, 0.25) is 0 Å². The lowest BCUT2D eigenvalue weighted by molar-refractivity contribution is -0.191. The van der Waals surface area contributed by atoms with Gasteiger partial charge in [-0.05, 0) is 26.0 Å². The van der Waals surface area contributed by atoms with E-state index < -0.39 is 0 Å². The van der Waals surface area contributed by atoms with Gasteiger partial charge in [0, 0.05) is 0 Å². The SMILES string of the molecule is CCOc1ccc(C)cc1.O=C=O. The molecule has 0 bridgehead atoms. The summed E-state index contributed by atoms with van der Waals surface area (Å²) in [4.78, 5) is 16.2. The van der Waals surface area contributed by atoms with Crippen LogP contribution >= 0.6 is 0 Å². The van der Waals surface area contributed by atoms with Crippen molar-refractivity contribution in [3.63, 3.8) is 0 Å². The van der Waals surface area contributed by atoms with Crippen LogP contribution in [0, 0.1) is 6.92 Å². The average Bonchev–Trinajstić information content (AvgIpc) is 2.11. The van der Waals surface area contributed by atoms with Gasteiger partial charge in [-0.3, -0.25) is 0 Å². The minimum Gasteiger partial charge on any atom is -0.494 e. The zero-order valence-corrected chi connectivity index (χ0v) is 7.74. The molecule has 70 valence electrons. The van der Waals surface area contributed by atoms with Gasteiger partial charge in [0.05, 0.1) is 6.61 Å². The lowest BCUT2D eigenvalue weighted by Crippen LogP contribution is -1.90. The van der Waals surface area contributed by atoms with Crippen molar-refractivity contribution in [2.24, 2.45) is 0 Å². The second-order valence-electron chi connectivity index (χ2n) is 2.33. The van der Waals surface area contributed by atoms with E-state index in [4.69, 9.17) is 14.3 Å². The van der Waals surface area contributed by atoms with Crippen molar-refractivity contribution >= 4 is 6.15 Å². The minimum atomic E-state index is 0.250. The quantitative estimate of drug-likeness (QED) is 0.697. The summed E-state index contributed by atoms with van der Waals surface area (Å²) >= 11 is 0. The topological polar surface area (TPSA) is 43.4 Å². The van der Waals surface area contributed by atoms with E-state index in [1.54, 1.807) is 0 Å². The maximum Gasteiger partial charge on any atom is 0.373 e. The van der Waals surface area contributed by atoms with Gasteiger partial charge < -0.3 is 4.74 Å². The Kier molecular flexibility index (Phi) is 6.20. The highest BCUT2D eigenvalue weighted by Crippen LogP contribution is 2.10. The van der Waals surface area contributed by atoms with Crippen molar-refractivity contribution in [2.75, 3.05) is 6.61 Å². The number of hydrogen-bond acceptors (Lipinski definition) is 3. The summed E-state index contributed by atoms with van der Waals surface area (Å²) in [5.41, 5.74) is 1.27. The molecule has 3 heteroatoms. The largest absolute Gasteiger partial charge is 0.494 e. The molecule has 0 atom stereocenters. The Morgan fingerprint density at radius 2 is 1.69 bits per heavy atom. The fraction of sp³-hybridized carbons (Fsp3) is 0.300. The molecule has 0 radical (unpaired) electrons. The fourth-order valence-electron chi connectivity index (χ4n) is 0.801. The molecule has 0 aromatic heterocycles. The molecule has 13 heavy (non-hydrogen) atoms. The lowest BCUT2D eigenvalue weighted by Gasteiger charge is -2.01. The molecule has 1 aromatic carbocycles. The molecule has 1 rings (SSSR count). The van der Waals surface area contributed by atoms with Crippen molar-refractivity contribution in [2.45, 2.75) is 13.8 Å². The Morgan fingerprint density at radius 3 is 2.08 bits per heavy atom. The molecule has 0 aliphatic heterocycles. The standard InChI is InChI=1S/C9H12O.CO2/c1-3-10-9-6-4-8(2)5-7-9;2-1-3/h4-7H,3H2,1-2H3;. The predicted octanol–water partition coefficient (Wildman–Crippen LogP) is 1.81. The zero-order valence-electron chi connectivity index (χ0n) is 7.74. The molecule has 0 aliphatic rings. The molecule has 0 heterocycles. The van der Waals surface area contributed by atoms with Crippen molar-refractivity contribution < 1.29 is 14.3 Å². The Labute approximate surface area is 77.3 Å². The number of rotatable bonds is 2. The normalized spacial score (nSPS) is 7.85. The van der Waals surface area contributed by atoms with Crippen LogP contribution in [-0.2, 0) is 9.59 Å². The smallest absolute Gasteiger partial charge is 0.373 e. The van der Waals surface area contributed by atoms with Gasteiger partial charge in [-0.1, -0.05) is 17.7 Å². The van der Waals surface area contributed by atoms with Gasteiger partial charge in [0.2, 0.25) is 0 Å². The maximum absolute atomic E-state index is 8.12. The number of carbonyl (C=O) groups excluding carboxylic acids is 2. The molecule has 0 amide bonds. The van der Waals surface area contributed by atoms with Crippen LogP contribution in [0.1, 0.15) is 12.5 Å². The minimum absolute atomic E-state index is 0.250. The number of aryl methyl sites for hydroxylation is 1. The van der Waals surface area contributed by atoms with Crippen LogP contribution in [0.5, 0.6) is 5.75 Å². The van der Waals surface area contributed by atoms with Crippen molar-refractivity contribution in [3.8, 4) is 5.75 Å². The molecule has 0 aliphatic carbocycles. The summed E-state index contributed by atoms with van der Waals surface area (Å²) in [6.45, 7) is 4.79. The molecular weight excluding hydrogens is 168 g/mol. The van der Waals surface area contributed by atoms with E-state index in [0.29, 0.717) is 0 Å². The number of hydrogen-bond donors (Lipinski definition) is 0. The van der Waals surface area contributed by atoms with Crippen molar-refractivity contribution in [1.82, 2.24) is 0 Å². The molecular formula is C10H12O3. The molecule has 0 fully saturated rings. The van der Waals surface area contributed by atoms with Crippen LogP contribution in [0.25, 0.3) is 0 Å².